The predicted octanol–water partition coefficient (Wildman–Crippen LogP) is 3.42. The number of rotatable bonds is 5. The lowest BCUT2D eigenvalue weighted by Gasteiger charge is -2.25. The minimum atomic E-state index is -0.764. The van der Waals surface area contributed by atoms with Crippen LogP contribution in [0.15, 0.2) is 24.3 Å². The van der Waals surface area contributed by atoms with E-state index in [4.69, 9.17) is 5.11 Å². The smallest absolute Gasteiger partial charge is 0.306 e. The van der Waals surface area contributed by atoms with Crippen LogP contribution < -0.4 is 5.32 Å². The zero-order valence-corrected chi connectivity index (χ0v) is 15.0. The number of aliphatic carboxylic acids is 1. The summed E-state index contributed by atoms with van der Waals surface area (Å²) in [6.07, 6.45) is 2.30. The number of carbonyl (C=O) groups is 2. The zero-order valence-electron chi connectivity index (χ0n) is 15.0. The highest BCUT2D eigenvalue weighted by Gasteiger charge is 2.30. The standard InChI is InChI=1S/C19H24N4O3/c1-11(2)16-21-17(23-22-16)14-5-3-4-6-15(14)20-18(24)12-7-9-13(10-8-12)19(25)26/h3-6,11-13H,7-10H2,1-2H3,(H,20,24)(H,25,26)(H,21,22,23). The molecule has 26 heavy (non-hydrogen) atoms. The summed E-state index contributed by atoms with van der Waals surface area (Å²) in [6.45, 7) is 4.07. The highest BCUT2D eigenvalue weighted by Crippen LogP contribution is 2.31. The Bertz CT molecular complexity index is 792. The molecule has 0 atom stereocenters. The minimum Gasteiger partial charge on any atom is -0.481 e. The second kappa shape index (κ2) is 7.68. The lowest BCUT2D eigenvalue weighted by Crippen LogP contribution is -2.29. The molecule has 2 aromatic rings. The van der Waals surface area contributed by atoms with E-state index in [1.54, 1.807) is 0 Å². The quantitative estimate of drug-likeness (QED) is 0.761. The second-order valence-electron chi connectivity index (χ2n) is 7.12. The number of para-hydroxylation sites is 1. The van der Waals surface area contributed by atoms with Crippen LogP contribution in [0.4, 0.5) is 5.69 Å². The van der Waals surface area contributed by atoms with E-state index in [9.17, 15) is 9.59 Å². The lowest BCUT2D eigenvalue weighted by atomic mass is 9.81. The molecular weight excluding hydrogens is 332 g/mol. The Morgan fingerprint density at radius 1 is 1.15 bits per heavy atom. The highest BCUT2D eigenvalue weighted by molar-refractivity contribution is 5.96. The summed E-state index contributed by atoms with van der Waals surface area (Å²) in [7, 11) is 0. The van der Waals surface area contributed by atoms with Crippen LogP contribution in [0, 0.1) is 11.8 Å². The van der Waals surface area contributed by atoms with Crippen molar-refractivity contribution in [2.75, 3.05) is 5.32 Å². The number of carboxylic acid groups (broad SMARTS) is 1. The van der Waals surface area contributed by atoms with Gasteiger partial charge in [-0.3, -0.25) is 14.7 Å². The number of carboxylic acids is 1. The maximum absolute atomic E-state index is 12.6. The van der Waals surface area contributed by atoms with Gasteiger partial charge in [-0.1, -0.05) is 26.0 Å². The number of benzene rings is 1. The van der Waals surface area contributed by atoms with E-state index in [2.05, 4.69) is 20.5 Å². The Balaban J connectivity index is 1.72. The van der Waals surface area contributed by atoms with Crippen molar-refractivity contribution in [1.29, 1.82) is 0 Å². The topological polar surface area (TPSA) is 108 Å². The molecule has 0 saturated heterocycles. The molecule has 0 radical (unpaired) electrons. The molecule has 138 valence electrons. The molecule has 7 heteroatoms. The molecule has 1 aliphatic rings. The molecule has 1 saturated carbocycles. The molecule has 3 N–H and O–H groups in total. The Labute approximate surface area is 152 Å². The number of aromatic amines is 1. The Morgan fingerprint density at radius 2 is 1.81 bits per heavy atom. The zero-order chi connectivity index (χ0) is 18.7. The monoisotopic (exact) mass is 356 g/mol. The van der Waals surface area contributed by atoms with E-state index < -0.39 is 5.97 Å². The van der Waals surface area contributed by atoms with Crippen LogP contribution in [0.3, 0.4) is 0 Å². The third kappa shape index (κ3) is 3.92. The van der Waals surface area contributed by atoms with Gasteiger partial charge in [0, 0.05) is 17.4 Å². The van der Waals surface area contributed by atoms with Crippen LogP contribution in [-0.4, -0.2) is 32.2 Å². The molecule has 1 aromatic carbocycles. The molecule has 1 amide bonds. The van der Waals surface area contributed by atoms with Crippen molar-refractivity contribution in [1.82, 2.24) is 15.2 Å². The van der Waals surface area contributed by atoms with Crippen molar-refractivity contribution in [2.45, 2.75) is 45.4 Å². The fourth-order valence-corrected chi connectivity index (χ4v) is 3.28. The average Bonchev–Trinajstić information content (AvgIpc) is 3.12. The van der Waals surface area contributed by atoms with E-state index in [1.807, 2.05) is 38.1 Å². The van der Waals surface area contributed by atoms with Gasteiger partial charge in [-0.05, 0) is 37.8 Å². The van der Waals surface area contributed by atoms with Crippen LogP contribution in [-0.2, 0) is 9.59 Å². The maximum atomic E-state index is 12.6. The minimum absolute atomic E-state index is 0.0686. The predicted molar refractivity (Wildman–Crippen MR) is 97.6 cm³/mol. The Kier molecular flexibility index (Phi) is 5.35. The maximum Gasteiger partial charge on any atom is 0.306 e. The molecule has 0 aliphatic heterocycles. The average molecular weight is 356 g/mol. The van der Waals surface area contributed by atoms with Crippen LogP contribution in [0.1, 0.15) is 51.3 Å². The van der Waals surface area contributed by atoms with Crippen LogP contribution in [0.2, 0.25) is 0 Å². The summed E-state index contributed by atoms with van der Waals surface area (Å²) >= 11 is 0. The van der Waals surface area contributed by atoms with E-state index in [0.29, 0.717) is 37.2 Å². The Hall–Kier alpha value is -2.70. The van der Waals surface area contributed by atoms with Crippen LogP contribution in [0.25, 0.3) is 11.4 Å². The molecule has 0 spiro atoms. The number of aromatic nitrogens is 3. The molecule has 1 fully saturated rings. The molecule has 0 bridgehead atoms. The van der Waals surface area contributed by atoms with Crippen molar-refractivity contribution < 1.29 is 14.7 Å². The van der Waals surface area contributed by atoms with Crippen LogP contribution >= 0.6 is 0 Å². The third-order valence-electron chi connectivity index (χ3n) is 4.92. The van der Waals surface area contributed by atoms with Gasteiger partial charge in [0.15, 0.2) is 5.82 Å². The normalized spacial score (nSPS) is 20.1. The van der Waals surface area contributed by atoms with Crippen molar-refractivity contribution in [2.24, 2.45) is 11.8 Å². The Morgan fingerprint density at radius 3 is 2.42 bits per heavy atom. The lowest BCUT2D eigenvalue weighted by molar-refractivity contribution is -0.143. The second-order valence-corrected chi connectivity index (χ2v) is 7.12. The number of carbonyl (C=O) groups excluding carboxylic acids is 1. The first-order chi connectivity index (χ1) is 12.5. The number of nitrogens with one attached hydrogen (secondary N) is 2. The van der Waals surface area contributed by atoms with Gasteiger partial charge < -0.3 is 10.4 Å². The van der Waals surface area contributed by atoms with E-state index in [1.165, 1.54) is 0 Å². The SMILES string of the molecule is CC(C)c1nc(-c2ccccc2NC(=O)C2CCC(C(=O)O)CC2)n[nH]1. The largest absolute Gasteiger partial charge is 0.481 e. The summed E-state index contributed by atoms with van der Waals surface area (Å²) in [6, 6.07) is 7.46. The fraction of sp³-hybridized carbons (Fsp3) is 0.474. The molecule has 7 nitrogen and oxygen atoms in total. The van der Waals surface area contributed by atoms with E-state index in [0.717, 1.165) is 11.4 Å². The van der Waals surface area contributed by atoms with E-state index >= 15 is 0 Å². The molecule has 1 aliphatic carbocycles. The first kappa shape index (κ1) is 18.1. The van der Waals surface area contributed by atoms with Gasteiger partial charge in [0.05, 0.1) is 11.6 Å². The van der Waals surface area contributed by atoms with Crippen molar-refractivity contribution in [3.8, 4) is 11.4 Å². The van der Waals surface area contributed by atoms with Gasteiger partial charge in [0.2, 0.25) is 5.91 Å². The number of hydrogen-bond acceptors (Lipinski definition) is 4. The van der Waals surface area contributed by atoms with Crippen molar-refractivity contribution in [3.05, 3.63) is 30.1 Å². The molecular formula is C19H24N4O3. The first-order valence-electron chi connectivity index (χ1n) is 9.01. The molecule has 3 rings (SSSR count). The molecule has 1 aromatic heterocycles. The number of anilines is 1. The van der Waals surface area contributed by atoms with Gasteiger partial charge in [0.1, 0.15) is 5.82 Å². The molecule has 0 unspecified atom stereocenters. The van der Waals surface area contributed by atoms with Gasteiger partial charge in [-0.2, -0.15) is 5.10 Å². The number of H-pyrrole nitrogens is 1. The van der Waals surface area contributed by atoms with Gasteiger partial charge >= 0.3 is 5.97 Å². The first-order valence-corrected chi connectivity index (χ1v) is 9.01. The van der Waals surface area contributed by atoms with Crippen molar-refractivity contribution >= 4 is 17.6 Å². The summed E-state index contributed by atoms with van der Waals surface area (Å²) in [5, 5.41) is 19.3. The summed E-state index contributed by atoms with van der Waals surface area (Å²) in [4.78, 5) is 28.2. The molecule has 1 heterocycles. The fourth-order valence-electron chi connectivity index (χ4n) is 3.28. The van der Waals surface area contributed by atoms with E-state index in [-0.39, 0.29) is 23.7 Å². The summed E-state index contributed by atoms with van der Waals surface area (Å²) in [5.41, 5.74) is 1.44. The number of amides is 1. The summed E-state index contributed by atoms with van der Waals surface area (Å²) < 4.78 is 0. The van der Waals surface area contributed by atoms with Gasteiger partial charge in [-0.15, -0.1) is 0 Å². The third-order valence-corrected chi connectivity index (χ3v) is 4.92. The number of hydrogen-bond donors (Lipinski definition) is 3. The highest BCUT2D eigenvalue weighted by atomic mass is 16.4. The van der Waals surface area contributed by atoms with Gasteiger partial charge in [-0.25, -0.2) is 4.98 Å². The van der Waals surface area contributed by atoms with Gasteiger partial charge in [0.25, 0.3) is 0 Å². The van der Waals surface area contributed by atoms with Crippen LogP contribution in [0.5, 0.6) is 0 Å². The number of nitrogens with zero attached hydrogens (tertiary/aromatic N) is 2. The summed E-state index contributed by atoms with van der Waals surface area (Å²) in [5.74, 6) is 0.279. The van der Waals surface area contributed by atoms with Crippen molar-refractivity contribution in [3.63, 3.8) is 0 Å².